The Kier molecular flexibility index (Phi) is 7.56. The Hall–Kier alpha value is -3.89. The van der Waals surface area contributed by atoms with E-state index in [1.165, 1.54) is 31.3 Å². The van der Waals surface area contributed by atoms with Crippen molar-refractivity contribution in [2.24, 2.45) is 0 Å². The number of amides is 1. The summed E-state index contributed by atoms with van der Waals surface area (Å²) in [6.07, 6.45) is -1.03. The molecule has 188 valence electrons. The maximum Gasteiger partial charge on any atom is 0.348 e. The Morgan fingerprint density at radius 2 is 1.64 bits per heavy atom. The van der Waals surface area contributed by atoms with Crippen LogP contribution in [0.4, 0.5) is 5.69 Å². The van der Waals surface area contributed by atoms with Crippen molar-refractivity contribution in [1.82, 2.24) is 4.31 Å². The van der Waals surface area contributed by atoms with Crippen molar-refractivity contribution in [1.29, 1.82) is 0 Å². The van der Waals surface area contributed by atoms with Gasteiger partial charge in [-0.15, -0.1) is 0 Å². The number of carbonyl (C=O) groups excluding carboxylic acids is 2. The second-order valence-corrected chi connectivity index (χ2v) is 9.97. The van der Waals surface area contributed by atoms with Gasteiger partial charge in [0.15, 0.2) is 0 Å². The molecular weight excluding hydrogens is 484 g/mol. The van der Waals surface area contributed by atoms with Crippen LogP contribution in [-0.4, -0.2) is 58.0 Å². The summed E-state index contributed by atoms with van der Waals surface area (Å²) in [5.74, 6) is -0.291. The van der Waals surface area contributed by atoms with Gasteiger partial charge in [0, 0.05) is 6.54 Å². The summed E-state index contributed by atoms with van der Waals surface area (Å²) < 4.78 is 44.0. The van der Waals surface area contributed by atoms with Crippen molar-refractivity contribution < 1.29 is 32.2 Å². The lowest BCUT2D eigenvalue weighted by Crippen LogP contribution is -2.50. The summed E-state index contributed by atoms with van der Waals surface area (Å²) in [4.78, 5) is 27.2. The Morgan fingerprint density at radius 3 is 2.31 bits per heavy atom. The minimum atomic E-state index is -4.06. The van der Waals surface area contributed by atoms with Crippen molar-refractivity contribution in [3.63, 3.8) is 0 Å². The second-order valence-electron chi connectivity index (χ2n) is 8.04. The van der Waals surface area contributed by atoms with Crippen LogP contribution in [0.1, 0.15) is 5.56 Å². The summed E-state index contributed by atoms with van der Waals surface area (Å²) in [6.45, 7) is -0.580. The Bertz CT molecular complexity index is 1330. The van der Waals surface area contributed by atoms with Crippen molar-refractivity contribution in [2.75, 3.05) is 32.2 Å². The van der Waals surface area contributed by atoms with Crippen LogP contribution in [0.2, 0.25) is 0 Å². The maximum absolute atomic E-state index is 13.6. The van der Waals surface area contributed by atoms with E-state index in [4.69, 9.17) is 14.2 Å². The molecule has 9 nitrogen and oxygen atoms in total. The molecule has 1 unspecified atom stereocenters. The van der Waals surface area contributed by atoms with E-state index >= 15 is 0 Å². The van der Waals surface area contributed by atoms with Crippen LogP contribution in [0, 0.1) is 0 Å². The third-order valence-electron chi connectivity index (χ3n) is 5.75. The summed E-state index contributed by atoms with van der Waals surface area (Å²) in [5.41, 5.74) is 1.17. The first-order chi connectivity index (χ1) is 17.3. The quantitative estimate of drug-likeness (QED) is 0.430. The Labute approximate surface area is 209 Å². The molecule has 1 heterocycles. The van der Waals surface area contributed by atoms with Gasteiger partial charge in [-0.25, -0.2) is 13.2 Å². The predicted molar refractivity (Wildman–Crippen MR) is 132 cm³/mol. The van der Waals surface area contributed by atoms with E-state index in [0.29, 0.717) is 17.2 Å². The van der Waals surface area contributed by atoms with Crippen LogP contribution in [0.25, 0.3) is 0 Å². The number of para-hydroxylation sites is 2. The molecule has 36 heavy (non-hydrogen) atoms. The van der Waals surface area contributed by atoms with Crippen LogP contribution < -0.4 is 14.4 Å². The van der Waals surface area contributed by atoms with E-state index in [1.807, 2.05) is 6.07 Å². The van der Waals surface area contributed by atoms with E-state index < -0.39 is 34.5 Å². The summed E-state index contributed by atoms with van der Waals surface area (Å²) in [7, 11) is -1.33. The monoisotopic (exact) mass is 510 g/mol. The van der Waals surface area contributed by atoms with Gasteiger partial charge in [-0.05, 0) is 42.0 Å². The molecule has 0 bridgehead atoms. The van der Waals surface area contributed by atoms with E-state index in [9.17, 15) is 18.0 Å². The normalized spacial score (nSPS) is 15.1. The number of fused-ring (bicyclic) bond motifs is 1. The Morgan fingerprint density at radius 1 is 0.972 bits per heavy atom. The molecule has 0 aromatic heterocycles. The SMILES string of the molecule is COC(=O)C1CN(C(=O)CN(Cc2ccccc2)S(=O)(=O)c2ccc(OC)cc2)c2ccccc2O1. The zero-order chi connectivity index (χ0) is 25.7. The molecule has 3 aromatic rings. The van der Waals surface area contributed by atoms with Gasteiger partial charge in [0.05, 0.1) is 37.9 Å². The van der Waals surface area contributed by atoms with E-state index in [0.717, 1.165) is 9.87 Å². The topological polar surface area (TPSA) is 102 Å². The summed E-state index contributed by atoms with van der Waals surface area (Å²) in [6, 6.07) is 21.8. The van der Waals surface area contributed by atoms with Gasteiger partial charge in [0.1, 0.15) is 11.5 Å². The average molecular weight is 511 g/mol. The zero-order valence-corrected chi connectivity index (χ0v) is 20.7. The van der Waals surface area contributed by atoms with Gasteiger partial charge in [-0.1, -0.05) is 42.5 Å². The largest absolute Gasteiger partial charge is 0.497 e. The fourth-order valence-corrected chi connectivity index (χ4v) is 5.25. The molecule has 0 fully saturated rings. The minimum absolute atomic E-state index is 0.0205. The average Bonchev–Trinajstić information content (AvgIpc) is 2.92. The first-order valence-corrected chi connectivity index (χ1v) is 12.6. The maximum atomic E-state index is 13.6. The lowest BCUT2D eigenvalue weighted by Gasteiger charge is -2.34. The van der Waals surface area contributed by atoms with Gasteiger partial charge < -0.3 is 19.1 Å². The number of nitrogens with zero attached hydrogens (tertiary/aromatic N) is 2. The third-order valence-corrected chi connectivity index (χ3v) is 7.56. The number of benzene rings is 3. The number of carbonyl (C=O) groups is 2. The van der Waals surface area contributed by atoms with Gasteiger partial charge in [-0.3, -0.25) is 4.79 Å². The summed E-state index contributed by atoms with van der Waals surface area (Å²) in [5, 5.41) is 0. The molecule has 3 aromatic carbocycles. The Balaban J connectivity index is 1.67. The molecule has 1 aliphatic rings. The smallest absolute Gasteiger partial charge is 0.348 e. The minimum Gasteiger partial charge on any atom is -0.497 e. The van der Waals surface area contributed by atoms with Crippen molar-refractivity contribution in [3.05, 3.63) is 84.4 Å². The molecule has 1 aliphatic heterocycles. The fourth-order valence-electron chi connectivity index (χ4n) is 3.87. The van der Waals surface area contributed by atoms with Gasteiger partial charge in [0.25, 0.3) is 0 Å². The molecule has 0 saturated carbocycles. The summed E-state index contributed by atoms with van der Waals surface area (Å²) >= 11 is 0. The van der Waals surface area contributed by atoms with E-state index in [2.05, 4.69) is 0 Å². The zero-order valence-electron chi connectivity index (χ0n) is 19.9. The number of methoxy groups -OCH3 is 2. The number of sulfonamides is 1. The third kappa shape index (κ3) is 5.34. The van der Waals surface area contributed by atoms with Crippen LogP contribution in [0.5, 0.6) is 11.5 Å². The molecule has 1 atom stereocenters. The van der Waals surface area contributed by atoms with Gasteiger partial charge >= 0.3 is 5.97 Å². The van der Waals surface area contributed by atoms with E-state index in [-0.39, 0.29) is 18.0 Å². The highest BCUT2D eigenvalue weighted by Gasteiger charge is 2.36. The highest BCUT2D eigenvalue weighted by Crippen LogP contribution is 2.34. The van der Waals surface area contributed by atoms with Crippen molar-refractivity contribution in [3.8, 4) is 11.5 Å². The lowest BCUT2D eigenvalue weighted by molar-refractivity contribution is -0.148. The van der Waals surface area contributed by atoms with Crippen LogP contribution in [0.3, 0.4) is 0 Å². The van der Waals surface area contributed by atoms with Crippen LogP contribution in [0.15, 0.2) is 83.8 Å². The lowest BCUT2D eigenvalue weighted by atomic mass is 10.2. The number of ether oxygens (including phenoxy) is 3. The standard InChI is InChI=1S/C26H26N2O7S/c1-33-20-12-14-21(15-13-20)36(31,32)27(16-19-8-4-3-5-9-19)18-25(29)28-17-24(26(30)34-2)35-23-11-7-6-10-22(23)28/h3-15,24H,16-18H2,1-2H3. The van der Waals surface area contributed by atoms with E-state index in [1.54, 1.807) is 60.7 Å². The first kappa shape index (κ1) is 25.2. The fraction of sp³-hybridized carbons (Fsp3) is 0.231. The number of anilines is 1. The van der Waals surface area contributed by atoms with Crippen molar-refractivity contribution >= 4 is 27.6 Å². The van der Waals surface area contributed by atoms with Gasteiger partial charge in [0.2, 0.25) is 22.0 Å². The van der Waals surface area contributed by atoms with Gasteiger partial charge in [-0.2, -0.15) is 4.31 Å². The molecule has 0 saturated heterocycles. The highest BCUT2D eigenvalue weighted by molar-refractivity contribution is 7.89. The van der Waals surface area contributed by atoms with Crippen molar-refractivity contribution in [2.45, 2.75) is 17.5 Å². The molecular formula is C26H26N2O7S. The molecule has 0 radical (unpaired) electrons. The first-order valence-electron chi connectivity index (χ1n) is 11.2. The molecule has 10 heteroatoms. The number of rotatable bonds is 8. The predicted octanol–water partition coefficient (Wildman–Crippen LogP) is 2.85. The molecule has 4 rings (SSSR count). The number of hydrogen-bond acceptors (Lipinski definition) is 7. The molecule has 0 spiro atoms. The van der Waals surface area contributed by atoms with Crippen LogP contribution in [-0.2, 0) is 30.9 Å². The second kappa shape index (κ2) is 10.8. The number of hydrogen-bond donors (Lipinski definition) is 0. The highest BCUT2D eigenvalue weighted by atomic mass is 32.2. The van der Waals surface area contributed by atoms with Crippen LogP contribution >= 0.6 is 0 Å². The molecule has 0 N–H and O–H groups in total. The number of esters is 1. The molecule has 1 amide bonds. The molecule has 0 aliphatic carbocycles.